The number of hydrogen-bond acceptors (Lipinski definition) is 1. The summed E-state index contributed by atoms with van der Waals surface area (Å²) in [6.07, 6.45) is 4.45. The van der Waals surface area contributed by atoms with Gasteiger partial charge in [0.25, 0.3) is 0 Å². The summed E-state index contributed by atoms with van der Waals surface area (Å²) >= 11 is 0. The van der Waals surface area contributed by atoms with Crippen LogP contribution in [0.15, 0.2) is 12.1 Å². The molecule has 0 unspecified atom stereocenters. The zero-order valence-electron chi connectivity index (χ0n) is 9.31. The van der Waals surface area contributed by atoms with Crippen molar-refractivity contribution in [3.05, 3.63) is 29.1 Å². The van der Waals surface area contributed by atoms with Gasteiger partial charge in [0.15, 0.2) is 0 Å². The molecule has 0 bridgehead atoms. The van der Waals surface area contributed by atoms with Crippen molar-refractivity contribution in [3.63, 3.8) is 0 Å². The van der Waals surface area contributed by atoms with Crippen LogP contribution >= 0.6 is 0 Å². The zero-order chi connectivity index (χ0) is 11.1. The fraction of sp³-hybridized carbons (Fsp3) is 0.538. The molecule has 1 aromatic carbocycles. The number of phenolic OH excluding ortho intramolecular Hbond substituents is 1. The number of rotatable bonds is 1. The first kappa shape index (κ1) is 10.5. The predicted octanol–water partition coefficient (Wildman–Crippen LogP) is 3.67. The quantitative estimate of drug-likeness (QED) is 0.746. The Balaban J connectivity index is 2.48. The van der Waals surface area contributed by atoms with E-state index in [0.717, 1.165) is 24.0 Å². The van der Waals surface area contributed by atoms with E-state index in [0.29, 0.717) is 0 Å². The molecule has 0 spiro atoms. The second kappa shape index (κ2) is 3.51. The molecule has 0 radical (unpaired) electrons. The molecule has 2 rings (SSSR count). The molecule has 15 heavy (non-hydrogen) atoms. The Morgan fingerprint density at radius 1 is 1.27 bits per heavy atom. The van der Waals surface area contributed by atoms with Gasteiger partial charge in [0, 0.05) is 6.07 Å². The van der Waals surface area contributed by atoms with Crippen LogP contribution in [0.4, 0.5) is 4.39 Å². The first-order valence-corrected chi connectivity index (χ1v) is 5.52. The second-order valence-electron chi connectivity index (χ2n) is 4.89. The first-order valence-electron chi connectivity index (χ1n) is 5.52. The molecule has 1 aliphatic rings. The molecule has 1 N–H and O–H groups in total. The number of aromatic hydroxyl groups is 1. The van der Waals surface area contributed by atoms with Crippen LogP contribution in [0, 0.1) is 12.7 Å². The van der Waals surface area contributed by atoms with Crippen molar-refractivity contribution in [2.75, 3.05) is 0 Å². The summed E-state index contributed by atoms with van der Waals surface area (Å²) in [5.41, 5.74) is 1.51. The highest BCUT2D eigenvalue weighted by Crippen LogP contribution is 2.42. The molecule has 0 atom stereocenters. The molecule has 0 aliphatic heterocycles. The van der Waals surface area contributed by atoms with Gasteiger partial charge in [-0.05, 0) is 42.4 Å². The van der Waals surface area contributed by atoms with Crippen molar-refractivity contribution in [1.82, 2.24) is 0 Å². The van der Waals surface area contributed by atoms with Gasteiger partial charge >= 0.3 is 0 Å². The van der Waals surface area contributed by atoms with Crippen LogP contribution < -0.4 is 0 Å². The van der Waals surface area contributed by atoms with E-state index in [2.05, 4.69) is 6.92 Å². The number of benzene rings is 1. The monoisotopic (exact) mass is 208 g/mol. The van der Waals surface area contributed by atoms with Crippen LogP contribution in [-0.4, -0.2) is 5.11 Å². The van der Waals surface area contributed by atoms with Crippen molar-refractivity contribution in [1.29, 1.82) is 0 Å². The molecule has 1 aromatic rings. The maximum absolute atomic E-state index is 13.8. The average Bonchev–Trinajstić information content (AvgIpc) is 2.60. The Labute approximate surface area is 89.9 Å². The molecule has 2 heteroatoms. The minimum Gasteiger partial charge on any atom is -0.508 e. The SMILES string of the molecule is Cc1cc(C2(C)CCCC2)c(F)cc1O. The van der Waals surface area contributed by atoms with Gasteiger partial charge in [-0.2, -0.15) is 0 Å². The van der Waals surface area contributed by atoms with Crippen LogP contribution in [0.3, 0.4) is 0 Å². The van der Waals surface area contributed by atoms with E-state index in [-0.39, 0.29) is 17.0 Å². The van der Waals surface area contributed by atoms with Gasteiger partial charge in [-0.25, -0.2) is 4.39 Å². The van der Waals surface area contributed by atoms with E-state index < -0.39 is 0 Å². The third-order valence-electron chi connectivity index (χ3n) is 3.64. The Hall–Kier alpha value is -1.05. The molecule has 0 amide bonds. The van der Waals surface area contributed by atoms with Crippen molar-refractivity contribution in [2.24, 2.45) is 0 Å². The molecule has 82 valence electrons. The average molecular weight is 208 g/mol. The van der Waals surface area contributed by atoms with E-state index in [9.17, 15) is 9.50 Å². The van der Waals surface area contributed by atoms with Gasteiger partial charge in [0.05, 0.1) is 0 Å². The minimum absolute atomic E-state index is 0.0253. The Kier molecular flexibility index (Phi) is 2.45. The topological polar surface area (TPSA) is 20.2 Å². The van der Waals surface area contributed by atoms with Gasteiger partial charge in [-0.3, -0.25) is 0 Å². The zero-order valence-corrected chi connectivity index (χ0v) is 9.31. The highest BCUT2D eigenvalue weighted by Gasteiger charge is 2.33. The normalized spacial score (nSPS) is 19.4. The molecule has 0 heterocycles. The summed E-state index contributed by atoms with van der Waals surface area (Å²) < 4.78 is 13.8. The van der Waals surface area contributed by atoms with Crippen LogP contribution in [0.5, 0.6) is 5.75 Å². The Morgan fingerprint density at radius 2 is 1.87 bits per heavy atom. The van der Waals surface area contributed by atoms with E-state index in [1.54, 1.807) is 6.07 Å². The number of phenols is 1. The van der Waals surface area contributed by atoms with Crippen molar-refractivity contribution < 1.29 is 9.50 Å². The number of aryl methyl sites for hydroxylation is 1. The van der Waals surface area contributed by atoms with E-state index in [4.69, 9.17) is 0 Å². The Morgan fingerprint density at radius 3 is 2.47 bits per heavy atom. The summed E-state index contributed by atoms with van der Waals surface area (Å²) in [7, 11) is 0. The molecule has 1 fully saturated rings. The summed E-state index contributed by atoms with van der Waals surface area (Å²) in [6.45, 7) is 3.94. The Bertz CT molecular complexity index is 378. The van der Waals surface area contributed by atoms with Crippen LogP contribution in [-0.2, 0) is 5.41 Å². The maximum Gasteiger partial charge on any atom is 0.130 e. The van der Waals surface area contributed by atoms with E-state index >= 15 is 0 Å². The molecule has 1 aliphatic carbocycles. The lowest BCUT2D eigenvalue weighted by atomic mass is 9.80. The maximum atomic E-state index is 13.8. The molecule has 0 aromatic heterocycles. The molecule has 1 saturated carbocycles. The predicted molar refractivity (Wildman–Crippen MR) is 58.6 cm³/mol. The molecule has 1 nitrogen and oxygen atoms in total. The molecule has 0 saturated heterocycles. The standard InChI is InChI=1S/C13H17FO/c1-9-7-10(11(14)8-12(9)15)13(2)5-3-4-6-13/h7-8,15H,3-6H2,1-2H3. The fourth-order valence-corrected chi connectivity index (χ4v) is 2.56. The highest BCUT2D eigenvalue weighted by atomic mass is 19.1. The minimum atomic E-state index is -0.262. The summed E-state index contributed by atoms with van der Waals surface area (Å²) in [5.74, 6) is -0.208. The molecular weight excluding hydrogens is 191 g/mol. The van der Waals surface area contributed by atoms with Gasteiger partial charge in [-0.1, -0.05) is 19.8 Å². The lowest BCUT2D eigenvalue weighted by Crippen LogP contribution is -2.18. The largest absolute Gasteiger partial charge is 0.508 e. The second-order valence-corrected chi connectivity index (χ2v) is 4.89. The first-order chi connectivity index (χ1) is 7.03. The number of hydrogen-bond donors (Lipinski definition) is 1. The third kappa shape index (κ3) is 1.73. The van der Waals surface area contributed by atoms with Crippen LogP contribution in [0.1, 0.15) is 43.7 Å². The van der Waals surface area contributed by atoms with Crippen molar-refractivity contribution in [3.8, 4) is 5.75 Å². The van der Waals surface area contributed by atoms with Gasteiger partial charge in [0.2, 0.25) is 0 Å². The van der Waals surface area contributed by atoms with Crippen LogP contribution in [0.2, 0.25) is 0 Å². The summed E-state index contributed by atoms with van der Waals surface area (Å²) in [4.78, 5) is 0. The smallest absolute Gasteiger partial charge is 0.130 e. The number of halogens is 1. The van der Waals surface area contributed by atoms with Crippen molar-refractivity contribution in [2.45, 2.75) is 44.9 Å². The summed E-state index contributed by atoms with van der Waals surface area (Å²) in [5, 5.41) is 9.41. The summed E-state index contributed by atoms with van der Waals surface area (Å²) in [6, 6.07) is 3.05. The van der Waals surface area contributed by atoms with E-state index in [1.807, 2.05) is 6.92 Å². The lowest BCUT2D eigenvalue weighted by molar-refractivity contribution is 0.439. The van der Waals surface area contributed by atoms with Gasteiger partial charge < -0.3 is 5.11 Å². The van der Waals surface area contributed by atoms with Crippen molar-refractivity contribution >= 4 is 0 Å². The van der Waals surface area contributed by atoms with Gasteiger partial charge in [0.1, 0.15) is 11.6 Å². The third-order valence-corrected chi connectivity index (χ3v) is 3.64. The van der Waals surface area contributed by atoms with E-state index in [1.165, 1.54) is 18.9 Å². The highest BCUT2D eigenvalue weighted by molar-refractivity contribution is 5.39. The van der Waals surface area contributed by atoms with Gasteiger partial charge in [-0.15, -0.1) is 0 Å². The fourth-order valence-electron chi connectivity index (χ4n) is 2.56. The lowest BCUT2D eigenvalue weighted by Gasteiger charge is -2.25. The van der Waals surface area contributed by atoms with Crippen LogP contribution in [0.25, 0.3) is 0 Å². The molecular formula is C13H17FO.